The minimum absolute atomic E-state index is 0.158. The molecule has 0 spiro atoms. The summed E-state index contributed by atoms with van der Waals surface area (Å²) in [5, 5.41) is 7.58. The number of aryl methyl sites for hydroxylation is 1. The van der Waals surface area contributed by atoms with Crippen molar-refractivity contribution in [2.45, 2.75) is 25.4 Å². The van der Waals surface area contributed by atoms with Gasteiger partial charge in [-0.2, -0.15) is 5.10 Å². The van der Waals surface area contributed by atoms with Crippen LogP contribution >= 0.6 is 0 Å². The predicted molar refractivity (Wildman–Crippen MR) is 175 cm³/mol. The largest absolute Gasteiger partial charge is 0.383 e. The summed E-state index contributed by atoms with van der Waals surface area (Å²) in [6, 6.07) is 22.8. The molecule has 7 rings (SSSR count). The van der Waals surface area contributed by atoms with E-state index in [1.54, 1.807) is 30.2 Å². The Balaban J connectivity index is 1.23. The first-order valence-corrected chi connectivity index (χ1v) is 14.9. The smallest absolute Gasteiger partial charge is 0.252 e. The van der Waals surface area contributed by atoms with Gasteiger partial charge in [0, 0.05) is 43.4 Å². The number of anilines is 1. The molecule has 11 heteroatoms. The van der Waals surface area contributed by atoms with E-state index in [0.717, 1.165) is 35.2 Å². The molecule has 0 aliphatic heterocycles. The summed E-state index contributed by atoms with van der Waals surface area (Å²) >= 11 is 0. The van der Waals surface area contributed by atoms with Crippen LogP contribution in [0, 0.1) is 0 Å². The SMILES string of the molecule is C=CC(=O)N(C)Cc1ccccc1C(=O)N[C@H]1CCc2cc(-n3c(-c4cccnc4N)nc4ccc(-n5cccn5)nc43)ccc21. The van der Waals surface area contributed by atoms with Crippen LogP contribution in [0.4, 0.5) is 5.82 Å². The number of nitrogens with one attached hydrogen (secondary N) is 1. The third-order valence-corrected chi connectivity index (χ3v) is 8.30. The zero-order chi connectivity index (χ0) is 31.8. The first kappa shape index (κ1) is 28.7. The molecule has 46 heavy (non-hydrogen) atoms. The number of likely N-dealkylation sites (N-methyl/N-ethyl adjacent to an activating group) is 1. The highest BCUT2D eigenvalue weighted by Gasteiger charge is 2.27. The average molecular weight is 610 g/mol. The van der Waals surface area contributed by atoms with E-state index in [2.05, 4.69) is 34.1 Å². The Labute approximate surface area is 265 Å². The number of nitrogens with zero attached hydrogens (tertiary/aromatic N) is 7. The van der Waals surface area contributed by atoms with Gasteiger partial charge in [0.05, 0.1) is 11.6 Å². The average Bonchev–Trinajstić information content (AvgIpc) is 3.83. The Bertz CT molecular complexity index is 2120. The van der Waals surface area contributed by atoms with E-state index in [0.29, 0.717) is 46.3 Å². The van der Waals surface area contributed by atoms with Crippen LogP contribution in [0.25, 0.3) is 34.1 Å². The summed E-state index contributed by atoms with van der Waals surface area (Å²) in [5.41, 5.74) is 12.8. The Morgan fingerprint density at radius 2 is 1.93 bits per heavy atom. The predicted octanol–water partition coefficient (Wildman–Crippen LogP) is 4.81. The summed E-state index contributed by atoms with van der Waals surface area (Å²) in [5.74, 6) is 1.28. The number of rotatable bonds is 8. The Morgan fingerprint density at radius 3 is 2.74 bits per heavy atom. The van der Waals surface area contributed by atoms with E-state index in [1.807, 2.05) is 65.4 Å². The van der Waals surface area contributed by atoms with E-state index >= 15 is 0 Å². The topological polar surface area (TPSA) is 137 Å². The minimum atomic E-state index is -0.205. The number of fused-ring (bicyclic) bond motifs is 2. The molecule has 0 radical (unpaired) electrons. The highest BCUT2D eigenvalue weighted by atomic mass is 16.2. The van der Waals surface area contributed by atoms with Crippen molar-refractivity contribution >= 4 is 28.8 Å². The maximum Gasteiger partial charge on any atom is 0.252 e. The Morgan fingerprint density at radius 1 is 1.07 bits per heavy atom. The molecule has 0 bridgehead atoms. The summed E-state index contributed by atoms with van der Waals surface area (Å²) < 4.78 is 3.71. The van der Waals surface area contributed by atoms with Crippen molar-refractivity contribution in [1.29, 1.82) is 0 Å². The van der Waals surface area contributed by atoms with Crippen molar-refractivity contribution in [3.63, 3.8) is 0 Å². The van der Waals surface area contributed by atoms with E-state index in [1.165, 1.54) is 11.0 Å². The molecule has 2 aromatic carbocycles. The molecule has 228 valence electrons. The third kappa shape index (κ3) is 5.17. The summed E-state index contributed by atoms with van der Waals surface area (Å²) in [7, 11) is 1.69. The first-order chi connectivity index (χ1) is 22.4. The van der Waals surface area contributed by atoms with Crippen molar-refractivity contribution in [3.05, 3.63) is 126 Å². The third-order valence-electron chi connectivity index (χ3n) is 8.30. The fourth-order valence-electron chi connectivity index (χ4n) is 6.01. The Hall–Kier alpha value is -6.10. The molecule has 11 nitrogen and oxygen atoms in total. The van der Waals surface area contributed by atoms with Crippen molar-refractivity contribution in [1.82, 2.24) is 39.5 Å². The number of nitrogens with two attached hydrogens (primary N) is 1. The maximum absolute atomic E-state index is 13.5. The number of imidazole rings is 1. The maximum atomic E-state index is 13.5. The van der Waals surface area contributed by atoms with E-state index < -0.39 is 0 Å². The van der Waals surface area contributed by atoms with Crippen LogP contribution in [0.5, 0.6) is 0 Å². The van der Waals surface area contributed by atoms with Crippen LogP contribution in [0.1, 0.15) is 39.5 Å². The van der Waals surface area contributed by atoms with Crippen LogP contribution in [0.3, 0.4) is 0 Å². The zero-order valence-electron chi connectivity index (χ0n) is 25.2. The van der Waals surface area contributed by atoms with Gasteiger partial charge in [0.15, 0.2) is 17.3 Å². The summed E-state index contributed by atoms with van der Waals surface area (Å²) in [6.07, 6.45) is 8.02. The van der Waals surface area contributed by atoms with E-state index in [-0.39, 0.29) is 17.9 Å². The second kappa shape index (κ2) is 11.8. The summed E-state index contributed by atoms with van der Waals surface area (Å²) in [6.45, 7) is 3.86. The molecule has 2 amide bonds. The van der Waals surface area contributed by atoms with Gasteiger partial charge in [0.25, 0.3) is 5.91 Å². The second-order valence-corrected chi connectivity index (χ2v) is 11.2. The molecule has 1 aliphatic carbocycles. The van der Waals surface area contributed by atoms with Gasteiger partial charge in [-0.3, -0.25) is 14.2 Å². The number of nitrogen functional groups attached to an aromatic ring is 1. The quantitative estimate of drug-likeness (QED) is 0.236. The number of hydrogen-bond donors (Lipinski definition) is 2. The van der Waals surface area contributed by atoms with Crippen LogP contribution < -0.4 is 11.1 Å². The molecule has 0 saturated carbocycles. The molecule has 1 atom stereocenters. The monoisotopic (exact) mass is 609 g/mol. The van der Waals surface area contributed by atoms with Gasteiger partial charge in [-0.25, -0.2) is 19.6 Å². The van der Waals surface area contributed by atoms with Crippen molar-refractivity contribution in [2.75, 3.05) is 12.8 Å². The minimum Gasteiger partial charge on any atom is -0.383 e. The molecule has 0 fully saturated rings. The molecule has 0 saturated heterocycles. The standard InChI is InChI=1S/C35H31N9O2/c1-3-31(45)42(2)21-23-8-4-5-9-26(23)35(46)40-28-14-11-22-20-24(12-13-25(22)28)44-33(27-10-6-17-37-32(27)36)39-29-15-16-30(41-34(29)44)43-19-7-18-38-43/h3-10,12-13,15-20,28H,1,11,14,21H2,2H3,(H2,36,37)(H,40,46)/t28-/m0/s1. The highest BCUT2D eigenvalue weighted by molar-refractivity contribution is 5.96. The summed E-state index contributed by atoms with van der Waals surface area (Å²) in [4.78, 5) is 41.3. The van der Waals surface area contributed by atoms with Crippen LogP contribution in [-0.4, -0.2) is 53.1 Å². The number of benzene rings is 2. The molecule has 0 unspecified atom stereocenters. The molecule has 6 aromatic rings. The van der Waals surface area contributed by atoms with Gasteiger partial charge in [-0.1, -0.05) is 30.8 Å². The molecule has 4 heterocycles. The number of carbonyl (C=O) groups is 2. The molecule has 1 aliphatic rings. The number of pyridine rings is 2. The second-order valence-electron chi connectivity index (χ2n) is 11.2. The number of aromatic nitrogens is 6. The van der Waals surface area contributed by atoms with Gasteiger partial charge in [0.2, 0.25) is 5.91 Å². The molecular weight excluding hydrogens is 578 g/mol. The van der Waals surface area contributed by atoms with Gasteiger partial charge in [-0.15, -0.1) is 0 Å². The molecule has 3 N–H and O–H groups in total. The van der Waals surface area contributed by atoms with Gasteiger partial charge >= 0.3 is 0 Å². The lowest BCUT2D eigenvalue weighted by Gasteiger charge is -2.19. The fourth-order valence-corrected chi connectivity index (χ4v) is 6.01. The van der Waals surface area contributed by atoms with Crippen molar-refractivity contribution in [3.8, 4) is 22.9 Å². The zero-order valence-corrected chi connectivity index (χ0v) is 25.2. The highest BCUT2D eigenvalue weighted by Crippen LogP contribution is 2.36. The van der Waals surface area contributed by atoms with Crippen LogP contribution in [0.15, 0.2) is 104 Å². The Kier molecular flexibility index (Phi) is 7.33. The lowest BCUT2D eigenvalue weighted by Crippen LogP contribution is -2.30. The van der Waals surface area contributed by atoms with E-state index in [9.17, 15) is 9.59 Å². The first-order valence-electron chi connectivity index (χ1n) is 14.9. The van der Waals surface area contributed by atoms with Gasteiger partial charge in [0.1, 0.15) is 11.3 Å². The van der Waals surface area contributed by atoms with Gasteiger partial charge < -0.3 is 16.0 Å². The lowest BCUT2D eigenvalue weighted by atomic mass is 10.0. The fraction of sp³-hybridized carbons (Fsp3) is 0.143. The van der Waals surface area contributed by atoms with Crippen LogP contribution in [-0.2, 0) is 17.8 Å². The number of carbonyl (C=O) groups excluding carboxylic acids is 2. The van der Waals surface area contributed by atoms with Crippen LogP contribution in [0.2, 0.25) is 0 Å². The van der Waals surface area contributed by atoms with E-state index in [4.69, 9.17) is 15.7 Å². The van der Waals surface area contributed by atoms with Crippen molar-refractivity contribution < 1.29 is 9.59 Å². The number of amides is 2. The molecular formula is C35H31N9O2. The normalized spacial score (nSPS) is 13.8. The lowest BCUT2D eigenvalue weighted by molar-refractivity contribution is -0.125. The van der Waals surface area contributed by atoms with Gasteiger partial charge in [-0.05, 0) is 84.1 Å². The number of hydrogen-bond acceptors (Lipinski definition) is 7. The molecule has 4 aromatic heterocycles. The van der Waals surface area contributed by atoms with Crippen molar-refractivity contribution in [2.24, 2.45) is 0 Å².